The molecule has 1 heterocycles. The Balaban J connectivity index is 0. The molecule has 1 aliphatic carbocycles. The lowest BCUT2D eigenvalue weighted by Crippen LogP contribution is -2.16. The molecule has 1 saturated heterocycles. The third kappa shape index (κ3) is 19.2. The first-order chi connectivity index (χ1) is 9.24. The third-order valence-electron chi connectivity index (χ3n) is 2.42. The van der Waals surface area contributed by atoms with Crippen LogP contribution in [0.5, 0.6) is 0 Å². The summed E-state index contributed by atoms with van der Waals surface area (Å²) >= 11 is 0. The van der Waals surface area contributed by atoms with Crippen molar-refractivity contribution in [3.05, 3.63) is 13.2 Å². The second kappa shape index (κ2) is 16.6. The zero-order chi connectivity index (χ0) is 14.9. The molecule has 5 heteroatoms. The van der Waals surface area contributed by atoms with Gasteiger partial charge in [-0.05, 0) is 46.1 Å². The van der Waals surface area contributed by atoms with Crippen molar-refractivity contribution in [1.82, 2.24) is 10.6 Å². The summed E-state index contributed by atoms with van der Waals surface area (Å²) < 4.78 is 4.15. The molecule has 1 amide bonds. The van der Waals surface area contributed by atoms with E-state index >= 15 is 0 Å². The van der Waals surface area contributed by atoms with Crippen LogP contribution < -0.4 is 10.6 Å². The minimum Gasteiger partial charge on any atom is -0.468 e. The van der Waals surface area contributed by atoms with Crippen LogP contribution in [0, 0.1) is 0 Å². The maximum absolute atomic E-state index is 9.54. The first-order valence-electron chi connectivity index (χ1n) is 6.72. The number of amides is 1. The van der Waals surface area contributed by atoms with Crippen molar-refractivity contribution in [1.29, 1.82) is 0 Å². The summed E-state index contributed by atoms with van der Waals surface area (Å²) in [5.41, 5.74) is 0. The summed E-state index contributed by atoms with van der Waals surface area (Å²) in [7, 11) is 0. The molecular weight excluding hydrogens is 244 g/mol. The number of nitrogens with one attached hydrogen (secondary N) is 2. The van der Waals surface area contributed by atoms with Gasteiger partial charge in [-0.25, -0.2) is 0 Å². The molecule has 1 aliphatic heterocycles. The Hall–Kier alpha value is -1.36. The van der Waals surface area contributed by atoms with Crippen LogP contribution in [-0.2, 0) is 14.3 Å². The fourth-order valence-corrected chi connectivity index (χ4v) is 1.27. The number of hydrogen-bond acceptors (Lipinski definition) is 4. The van der Waals surface area contributed by atoms with Gasteiger partial charge in [-0.2, -0.15) is 0 Å². The van der Waals surface area contributed by atoms with Crippen LogP contribution in [0.25, 0.3) is 0 Å². The highest BCUT2D eigenvalue weighted by Crippen LogP contribution is 2.17. The summed E-state index contributed by atoms with van der Waals surface area (Å²) in [4.78, 5) is 18.7. The molecule has 1 atom stereocenters. The van der Waals surface area contributed by atoms with E-state index in [1.54, 1.807) is 6.92 Å². The molecule has 0 aromatic carbocycles. The molecule has 1 saturated carbocycles. The lowest BCUT2D eigenvalue weighted by molar-refractivity contribution is -0.128. The van der Waals surface area contributed by atoms with Gasteiger partial charge in [0.05, 0.1) is 6.61 Å². The second-order valence-corrected chi connectivity index (χ2v) is 4.11. The fraction of sp³-hybridized carbons (Fsp3) is 0.714. The van der Waals surface area contributed by atoms with Crippen LogP contribution in [0.1, 0.15) is 39.5 Å². The molecule has 0 aromatic rings. The van der Waals surface area contributed by atoms with Crippen LogP contribution in [0.4, 0.5) is 0 Å². The molecule has 2 N–H and O–H groups in total. The minimum atomic E-state index is 0.431. The standard InChI is InChI=1S/C5H11N.C4H7NO.C3H6O2.C2H4/c1-5-3-2-4-6-5;6-3-5-4-1-2-4;1-2-5-3-4;1-2/h5-6H,2-4H2,1H3;3-4H,1-2H2,(H,5,6);3H,2H2,1H3;1-2H2. The second-order valence-electron chi connectivity index (χ2n) is 4.11. The molecule has 19 heavy (non-hydrogen) atoms. The average molecular weight is 272 g/mol. The van der Waals surface area contributed by atoms with E-state index in [-0.39, 0.29) is 0 Å². The van der Waals surface area contributed by atoms with Gasteiger partial charge in [0.25, 0.3) is 6.47 Å². The van der Waals surface area contributed by atoms with Crippen LogP contribution in [0.15, 0.2) is 13.2 Å². The van der Waals surface area contributed by atoms with Crippen LogP contribution in [-0.4, -0.2) is 38.1 Å². The molecule has 0 radical (unpaired) electrons. The Labute approximate surface area is 116 Å². The van der Waals surface area contributed by atoms with Crippen molar-refractivity contribution in [2.75, 3.05) is 13.2 Å². The summed E-state index contributed by atoms with van der Waals surface area (Å²) in [6, 6.07) is 1.33. The summed E-state index contributed by atoms with van der Waals surface area (Å²) in [5, 5.41) is 5.96. The zero-order valence-corrected chi connectivity index (χ0v) is 12.2. The predicted molar refractivity (Wildman–Crippen MR) is 77.9 cm³/mol. The molecule has 5 nitrogen and oxygen atoms in total. The number of rotatable bonds is 4. The molecule has 0 aromatic heterocycles. The lowest BCUT2D eigenvalue weighted by atomic mass is 10.3. The monoisotopic (exact) mass is 272 g/mol. The van der Waals surface area contributed by atoms with E-state index in [4.69, 9.17) is 0 Å². The minimum absolute atomic E-state index is 0.431. The molecule has 2 fully saturated rings. The van der Waals surface area contributed by atoms with E-state index < -0.39 is 0 Å². The van der Waals surface area contributed by atoms with Gasteiger partial charge in [-0.3, -0.25) is 9.59 Å². The molecule has 1 unspecified atom stereocenters. The maximum Gasteiger partial charge on any atom is 0.293 e. The average Bonchev–Trinajstić information content (AvgIpc) is 3.13. The summed E-state index contributed by atoms with van der Waals surface area (Å²) in [5.74, 6) is 0. The maximum atomic E-state index is 9.54. The zero-order valence-electron chi connectivity index (χ0n) is 12.2. The van der Waals surface area contributed by atoms with Crippen molar-refractivity contribution >= 4 is 12.9 Å². The van der Waals surface area contributed by atoms with E-state index in [9.17, 15) is 9.59 Å². The van der Waals surface area contributed by atoms with Gasteiger partial charge in [-0.1, -0.05) is 0 Å². The largest absolute Gasteiger partial charge is 0.468 e. The smallest absolute Gasteiger partial charge is 0.293 e. The molecule has 0 bridgehead atoms. The van der Waals surface area contributed by atoms with E-state index in [1.807, 2.05) is 0 Å². The predicted octanol–water partition coefficient (Wildman–Crippen LogP) is 1.63. The van der Waals surface area contributed by atoms with E-state index in [0.29, 0.717) is 19.1 Å². The lowest BCUT2D eigenvalue weighted by Gasteiger charge is -1.95. The SMILES string of the molecule is C=C.CC1CCCN1.CCOC=O.O=CNC1CC1. The van der Waals surface area contributed by atoms with Gasteiger partial charge >= 0.3 is 0 Å². The molecule has 112 valence electrons. The molecular formula is C14H28N2O3. The number of ether oxygens (including phenoxy) is 1. The first kappa shape index (κ1) is 20.0. The molecule has 2 aliphatic rings. The van der Waals surface area contributed by atoms with Crippen LogP contribution in [0.3, 0.4) is 0 Å². The van der Waals surface area contributed by atoms with Gasteiger partial charge < -0.3 is 15.4 Å². The first-order valence-corrected chi connectivity index (χ1v) is 6.72. The molecule has 0 spiro atoms. The van der Waals surface area contributed by atoms with Gasteiger partial charge in [0, 0.05) is 12.1 Å². The van der Waals surface area contributed by atoms with Crippen molar-refractivity contribution < 1.29 is 14.3 Å². The Kier molecular flexibility index (Phi) is 17.5. The van der Waals surface area contributed by atoms with E-state index in [2.05, 4.69) is 35.5 Å². The summed E-state index contributed by atoms with van der Waals surface area (Å²) in [6.07, 6.45) is 5.87. The highest BCUT2D eigenvalue weighted by atomic mass is 16.5. The topological polar surface area (TPSA) is 67.4 Å². The van der Waals surface area contributed by atoms with Crippen molar-refractivity contribution in [3.63, 3.8) is 0 Å². The number of carbonyl (C=O) groups excluding carboxylic acids is 2. The number of carbonyl (C=O) groups is 2. The van der Waals surface area contributed by atoms with E-state index in [0.717, 1.165) is 12.5 Å². The van der Waals surface area contributed by atoms with Crippen molar-refractivity contribution in [3.8, 4) is 0 Å². The van der Waals surface area contributed by atoms with Gasteiger partial charge in [0.15, 0.2) is 0 Å². The third-order valence-corrected chi connectivity index (χ3v) is 2.42. The van der Waals surface area contributed by atoms with Gasteiger partial charge in [0.1, 0.15) is 0 Å². The van der Waals surface area contributed by atoms with Crippen molar-refractivity contribution in [2.24, 2.45) is 0 Å². The normalized spacial score (nSPS) is 19.2. The van der Waals surface area contributed by atoms with Gasteiger partial charge in [-0.15, -0.1) is 13.2 Å². The van der Waals surface area contributed by atoms with Gasteiger partial charge in [0.2, 0.25) is 6.41 Å². The fourth-order valence-electron chi connectivity index (χ4n) is 1.27. The Morgan fingerprint density at radius 3 is 2.05 bits per heavy atom. The summed E-state index contributed by atoms with van der Waals surface area (Å²) in [6.45, 7) is 12.1. The molecule has 2 rings (SSSR count). The Morgan fingerprint density at radius 1 is 1.32 bits per heavy atom. The number of hydrogen-bond donors (Lipinski definition) is 2. The van der Waals surface area contributed by atoms with E-state index in [1.165, 1.54) is 32.2 Å². The van der Waals surface area contributed by atoms with Crippen LogP contribution >= 0.6 is 0 Å². The quantitative estimate of drug-likeness (QED) is 0.603. The van der Waals surface area contributed by atoms with Crippen molar-refractivity contribution in [2.45, 2.75) is 51.6 Å². The Morgan fingerprint density at radius 2 is 1.95 bits per heavy atom. The highest BCUT2D eigenvalue weighted by Gasteiger charge is 2.18. The Bertz CT molecular complexity index is 203. The van der Waals surface area contributed by atoms with Crippen LogP contribution in [0.2, 0.25) is 0 Å². The highest BCUT2D eigenvalue weighted by molar-refractivity contribution is 5.47.